The predicted octanol–water partition coefficient (Wildman–Crippen LogP) is 5.33. The van der Waals surface area contributed by atoms with Crippen LogP contribution in [0.15, 0.2) is 74.4 Å². The van der Waals surface area contributed by atoms with E-state index < -0.39 is 9.85 Å². The minimum Gasteiger partial charge on any atom is -0.396 e. The fourth-order valence-corrected chi connectivity index (χ4v) is 10.8. The van der Waals surface area contributed by atoms with Gasteiger partial charge in [-0.3, -0.25) is 48.8 Å². The molecule has 4 saturated heterocycles. The highest BCUT2D eigenvalue weighted by molar-refractivity contribution is 6.33. The van der Waals surface area contributed by atoms with Crippen LogP contribution < -0.4 is 31.5 Å². The van der Waals surface area contributed by atoms with Crippen LogP contribution in [0.1, 0.15) is 40.5 Å². The molecule has 7 aromatic heterocycles. The van der Waals surface area contributed by atoms with Gasteiger partial charge in [0.25, 0.3) is 0 Å². The third-order valence-electron chi connectivity index (χ3n) is 15.4. The van der Waals surface area contributed by atoms with Gasteiger partial charge in [-0.25, -0.2) is 9.97 Å². The Hall–Kier alpha value is -10.0. The van der Waals surface area contributed by atoms with Gasteiger partial charge >= 0.3 is 11.4 Å². The van der Waals surface area contributed by atoms with Crippen LogP contribution in [0.25, 0.3) is 0 Å². The number of nitro groups is 2. The number of aromatic nitrogens is 14. The third-order valence-corrected chi connectivity index (χ3v) is 15.9. The van der Waals surface area contributed by atoms with E-state index in [1.165, 1.54) is 32.6 Å². The summed E-state index contributed by atoms with van der Waals surface area (Å²) in [5.41, 5.74) is 7.60. The monoisotopic (exact) mass is 1200 g/mol. The molecule has 1 saturated carbocycles. The number of likely N-dealkylation sites (tertiary alicyclic amines) is 1. The molecule has 5 aliphatic rings. The SMILES string of the molecule is C[C@@]12CN(C(=O)C3CC3)C[C@]1(C)CN(c1nc(Nc3cnn(CC#N)c3)ncc1Cl)C2.C[C@@]12CNC[C@]1(C)CN(c1nc(Nc3cnn(CC#N)c3)ncc1Cl)C2.N#CCn1cc(N)cn1.N#CCn1cc([N+](=O)[O-])cn1.O=[N+]([O-])c1cn[nH]c1. The highest BCUT2D eigenvalue weighted by atomic mass is 35.5. The number of fused-ring (bicyclic) bond motifs is 2. The summed E-state index contributed by atoms with van der Waals surface area (Å²) in [7, 11) is 0. The van der Waals surface area contributed by atoms with E-state index in [9.17, 15) is 25.0 Å². The molecule has 7 aromatic rings. The predicted molar refractivity (Wildman–Crippen MR) is 307 cm³/mol. The number of halogens is 2. The maximum atomic E-state index is 12.6. The van der Waals surface area contributed by atoms with E-state index in [1.54, 1.807) is 48.1 Å². The lowest BCUT2D eigenvalue weighted by Gasteiger charge is -2.30. The molecule has 0 bridgehead atoms. The van der Waals surface area contributed by atoms with Gasteiger partial charge in [-0.2, -0.15) is 56.5 Å². The second-order valence-electron chi connectivity index (χ2n) is 21.8. The Morgan fingerprint density at radius 1 is 0.635 bits per heavy atom. The van der Waals surface area contributed by atoms with Crippen LogP contribution in [0.4, 0.5) is 52.0 Å². The topological polar surface area (TPSA) is 422 Å². The molecule has 5 fully saturated rings. The first-order valence-corrected chi connectivity index (χ1v) is 27.0. The van der Waals surface area contributed by atoms with E-state index in [0.717, 1.165) is 89.1 Å². The van der Waals surface area contributed by atoms with Crippen LogP contribution in [-0.2, 0) is 31.0 Å². The lowest BCUT2D eigenvalue weighted by atomic mass is 9.71. The van der Waals surface area contributed by atoms with Gasteiger partial charge in [-0.15, -0.1) is 0 Å². The summed E-state index contributed by atoms with van der Waals surface area (Å²) in [5.74, 6) is 2.92. The van der Waals surface area contributed by atoms with Crippen LogP contribution in [0.2, 0.25) is 10.0 Å². The van der Waals surface area contributed by atoms with Gasteiger partial charge in [0, 0.05) is 98.5 Å². The number of nitrogens with two attached hydrogens (primary N) is 1. The minimum atomic E-state index is -0.555. The second kappa shape index (κ2) is 26.1. The summed E-state index contributed by atoms with van der Waals surface area (Å²) in [4.78, 5) is 55.9. The fourth-order valence-electron chi connectivity index (χ4n) is 10.3. The summed E-state index contributed by atoms with van der Waals surface area (Å²) < 4.78 is 5.78. The average molecular weight is 1200 g/mol. The highest BCUT2D eigenvalue weighted by Gasteiger charge is 2.60. The number of H-pyrrole nitrogens is 1. The van der Waals surface area contributed by atoms with Crippen molar-refractivity contribution >= 4 is 81.1 Å². The van der Waals surface area contributed by atoms with Crippen molar-refractivity contribution in [1.29, 1.82) is 21.0 Å². The Kier molecular flexibility index (Phi) is 18.7. The number of nitrogens with one attached hydrogen (secondary N) is 4. The largest absolute Gasteiger partial charge is 0.396 e. The molecule has 34 heteroatoms. The standard InChI is InChI=1S/C21H25ClN8O.C17H21ClN8.C5H4N4O2.C5H6N4.C3H3N3O2/c1-20-10-28(11-21(20,2)13-29(12-20)18(31)14-3-4-14)17-16(22)8-24-19(27-17)26-15-7-25-30(9-15)6-5-23;1-16-8-20-9-17(16,2)11-25(10-16)14-13(18)6-21-15(24-14)23-12-5-22-26(7-12)4-3-19;6-1-2-8-4-5(3-7-8)9(10)11;6-1-2-9-4-5(7)3-8-9;7-6(8)3-1-4-5-2-3/h7-9,14H,3-4,6,10-13H2,1-2H3,(H,24,26,27);5-7,20H,4,8-11H2,1-2H3,(H,21,23,24);3-4H,2H2;3-4H,2,7H2;1-2H,(H,4,5)/t20-,21+;16-,17+;;;. The van der Waals surface area contributed by atoms with Crippen molar-refractivity contribution in [3.8, 4) is 24.3 Å². The highest BCUT2D eigenvalue weighted by Crippen LogP contribution is 2.54. The average Bonchev–Trinajstić information content (AvgIpc) is 1.60. The molecule has 4 atom stereocenters. The molecule has 442 valence electrons. The van der Waals surface area contributed by atoms with E-state index in [1.807, 2.05) is 12.1 Å². The number of hydrogen-bond donors (Lipinski definition) is 5. The quantitative estimate of drug-likeness (QED) is 0.0719. The molecule has 0 aromatic carbocycles. The molecule has 11 heterocycles. The zero-order valence-corrected chi connectivity index (χ0v) is 48.1. The first-order chi connectivity index (χ1) is 40.6. The summed E-state index contributed by atoms with van der Waals surface area (Å²) >= 11 is 12.9. The second-order valence-corrected chi connectivity index (χ2v) is 22.6. The van der Waals surface area contributed by atoms with E-state index in [2.05, 4.69) is 121 Å². The molecule has 6 N–H and O–H groups in total. The molecule has 32 nitrogen and oxygen atoms in total. The lowest BCUT2D eigenvalue weighted by Crippen LogP contribution is -2.36. The molecular weight excluding hydrogens is 1140 g/mol. The van der Waals surface area contributed by atoms with Crippen molar-refractivity contribution in [3.05, 3.63) is 105 Å². The van der Waals surface area contributed by atoms with Crippen molar-refractivity contribution in [3.63, 3.8) is 0 Å². The molecule has 12 rings (SSSR count). The number of hydrogen-bond acceptors (Lipinski definition) is 24. The number of carbonyl (C=O) groups excluding carboxylic acids is 1. The third kappa shape index (κ3) is 14.6. The number of amides is 1. The van der Waals surface area contributed by atoms with E-state index in [4.69, 9.17) is 50.0 Å². The number of aromatic amines is 1. The van der Waals surface area contributed by atoms with Gasteiger partial charge < -0.3 is 36.4 Å². The number of rotatable bonds is 13. The molecule has 0 radical (unpaired) electrons. The number of anilines is 7. The fraction of sp³-hybridized carbons (Fsp3) is 0.451. The van der Waals surface area contributed by atoms with Crippen molar-refractivity contribution < 1.29 is 14.6 Å². The Labute approximate surface area is 496 Å². The molecule has 85 heavy (non-hydrogen) atoms. The Morgan fingerprint density at radius 2 is 1.07 bits per heavy atom. The van der Waals surface area contributed by atoms with Crippen LogP contribution in [0, 0.1) is 93.1 Å². The Bertz CT molecular complexity index is 3650. The number of nitrogens with zero attached hydrogens (tertiary/aromatic N) is 22. The first kappa shape index (κ1) is 61.1. The minimum absolute atomic E-state index is 0.00926. The number of nitrogen functional groups attached to an aromatic ring is 1. The normalized spacial score (nSPS) is 21.3. The van der Waals surface area contributed by atoms with Crippen LogP contribution in [0.5, 0.6) is 0 Å². The number of nitriles is 4. The van der Waals surface area contributed by atoms with Gasteiger partial charge in [0.2, 0.25) is 17.8 Å². The van der Waals surface area contributed by atoms with Gasteiger partial charge in [0.1, 0.15) is 54.8 Å². The summed E-state index contributed by atoms with van der Waals surface area (Å²) in [6.07, 6.45) is 19.9. The molecule has 1 amide bonds. The lowest BCUT2D eigenvalue weighted by molar-refractivity contribution is -0.385. The first-order valence-electron chi connectivity index (χ1n) is 26.3. The van der Waals surface area contributed by atoms with Gasteiger partial charge in [0.05, 0.1) is 88.4 Å². The van der Waals surface area contributed by atoms with Crippen molar-refractivity contribution in [2.75, 3.05) is 78.5 Å². The van der Waals surface area contributed by atoms with E-state index >= 15 is 0 Å². The summed E-state index contributed by atoms with van der Waals surface area (Å²) in [5, 5.41) is 85.9. The zero-order valence-electron chi connectivity index (χ0n) is 46.6. The molecule has 0 spiro atoms. The van der Waals surface area contributed by atoms with Gasteiger partial charge in [0.15, 0.2) is 11.6 Å². The molecule has 1 aliphatic carbocycles. The van der Waals surface area contributed by atoms with E-state index in [-0.39, 0.29) is 65.1 Å². The van der Waals surface area contributed by atoms with Crippen LogP contribution in [-0.4, -0.2) is 142 Å². The Balaban J connectivity index is 0.000000154. The van der Waals surface area contributed by atoms with E-state index in [0.29, 0.717) is 45.0 Å². The van der Waals surface area contributed by atoms with Crippen LogP contribution >= 0.6 is 23.2 Å². The smallest absolute Gasteiger partial charge is 0.307 e. The van der Waals surface area contributed by atoms with Crippen molar-refractivity contribution in [1.82, 2.24) is 79.5 Å². The molecular formula is C51H59Cl2N27O5. The Morgan fingerprint density at radius 3 is 1.46 bits per heavy atom. The molecule has 0 unspecified atom stereocenters. The maximum absolute atomic E-state index is 12.6. The summed E-state index contributed by atoms with van der Waals surface area (Å²) in [6.45, 7) is 16.8. The van der Waals surface area contributed by atoms with Crippen molar-refractivity contribution in [2.45, 2.75) is 66.7 Å². The van der Waals surface area contributed by atoms with Crippen molar-refractivity contribution in [2.24, 2.45) is 27.6 Å². The summed E-state index contributed by atoms with van der Waals surface area (Å²) in [6, 6.07) is 7.86. The maximum Gasteiger partial charge on any atom is 0.307 e. The molecule has 4 aliphatic heterocycles. The zero-order chi connectivity index (χ0) is 61.1. The van der Waals surface area contributed by atoms with Gasteiger partial charge in [-0.1, -0.05) is 50.9 Å². The van der Waals surface area contributed by atoms with Crippen LogP contribution in [0.3, 0.4) is 0 Å². The number of carbonyl (C=O) groups is 1. The van der Waals surface area contributed by atoms with Gasteiger partial charge in [-0.05, 0) is 12.8 Å².